The van der Waals surface area contributed by atoms with Crippen LogP contribution in [-0.4, -0.2) is 53.2 Å². The Morgan fingerprint density at radius 3 is 2.20 bits per heavy atom. The van der Waals surface area contributed by atoms with Crippen molar-refractivity contribution in [1.82, 2.24) is 0 Å². The summed E-state index contributed by atoms with van der Waals surface area (Å²) in [4.78, 5) is 63.7. The molecule has 220 valence electrons. The standard InChI is InChI=1S/C30H38F2O8/c1-7-23(34)38-22-15-28(6)18(12-16(4)30(28,40-25(36)9-3)26(37)39-24(35)8-2)19-14-21(31)20-13-17(33)10-11-27(20,5)29(19,22)32/h10-11,13,16,18-19,21-22H,7-9,12,14-15H2,1-6H3/t16-,18+,19+,21+,22+,27+,28+,29+,30+/m1/s1. The Morgan fingerprint density at radius 1 is 0.975 bits per heavy atom. The van der Waals surface area contributed by atoms with Gasteiger partial charge in [0.1, 0.15) is 12.3 Å². The van der Waals surface area contributed by atoms with Crippen LogP contribution in [0.25, 0.3) is 0 Å². The van der Waals surface area contributed by atoms with Crippen LogP contribution in [0.1, 0.15) is 80.1 Å². The number of carbonyl (C=O) groups is 5. The lowest BCUT2D eigenvalue weighted by Gasteiger charge is -2.63. The number of allylic oxidation sites excluding steroid dienone is 4. The first-order valence-corrected chi connectivity index (χ1v) is 14.1. The van der Waals surface area contributed by atoms with Crippen molar-refractivity contribution in [3.8, 4) is 0 Å². The van der Waals surface area contributed by atoms with Crippen molar-refractivity contribution in [3.63, 3.8) is 0 Å². The third-order valence-electron chi connectivity index (χ3n) is 10.1. The van der Waals surface area contributed by atoms with Crippen LogP contribution in [0, 0.1) is 28.6 Å². The van der Waals surface area contributed by atoms with Gasteiger partial charge in [-0.1, -0.05) is 40.7 Å². The van der Waals surface area contributed by atoms with E-state index in [2.05, 4.69) is 0 Å². The smallest absolute Gasteiger partial charge is 0.359 e. The van der Waals surface area contributed by atoms with Gasteiger partial charge in [-0.25, -0.2) is 13.6 Å². The molecule has 3 saturated carbocycles. The quantitative estimate of drug-likeness (QED) is 0.260. The molecule has 0 radical (unpaired) electrons. The van der Waals surface area contributed by atoms with Crippen LogP contribution in [0.3, 0.4) is 0 Å². The van der Waals surface area contributed by atoms with Crippen molar-refractivity contribution in [1.29, 1.82) is 0 Å². The summed E-state index contributed by atoms with van der Waals surface area (Å²) in [5.74, 6) is -6.28. The lowest BCUT2D eigenvalue weighted by Crippen LogP contribution is -2.71. The SMILES string of the molecule is CCC(=O)OC(=O)[C@@]1(OC(=O)CC)[C@H](C)C[C@H]2[C@@H]3C[C@H](F)C4=CC(=O)C=C[C@]4(C)[C@@]3(F)[C@@H](OC(=O)CC)C[C@@]21C. The van der Waals surface area contributed by atoms with Gasteiger partial charge in [0.05, 0.1) is 0 Å². The van der Waals surface area contributed by atoms with E-state index >= 15 is 8.78 Å². The largest absolute Gasteiger partial charge is 0.459 e. The Labute approximate surface area is 232 Å². The Bertz CT molecular complexity index is 1190. The number of halogens is 2. The third-order valence-corrected chi connectivity index (χ3v) is 10.1. The van der Waals surface area contributed by atoms with Gasteiger partial charge < -0.3 is 14.2 Å². The van der Waals surface area contributed by atoms with Crippen LogP contribution in [0.2, 0.25) is 0 Å². The predicted octanol–water partition coefficient (Wildman–Crippen LogP) is 4.68. The van der Waals surface area contributed by atoms with Crippen molar-refractivity contribution in [2.45, 2.75) is 104 Å². The molecule has 0 N–H and O–H groups in total. The highest BCUT2D eigenvalue weighted by Crippen LogP contribution is 2.72. The van der Waals surface area contributed by atoms with Crippen molar-refractivity contribution < 1.29 is 47.0 Å². The lowest BCUT2D eigenvalue weighted by molar-refractivity contribution is -0.244. The van der Waals surface area contributed by atoms with E-state index in [1.165, 1.54) is 26.0 Å². The number of fused-ring (bicyclic) bond motifs is 5. The van der Waals surface area contributed by atoms with Gasteiger partial charge in [0.15, 0.2) is 11.5 Å². The van der Waals surface area contributed by atoms with Crippen LogP contribution in [0.15, 0.2) is 23.8 Å². The molecule has 0 spiro atoms. The number of ether oxygens (including phenoxy) is 3. The van der Waals surface area contributed by atoms with Gasteiger partial charge in [-0.05, 0) is 49.8 Å². The topological polar surface area (TPSA) is 113 Å². The molecule has 4 rings (SSSR count). The number of hydrogen-bond acceptors (Lipinski definition) is 8. The molecule has 0 unspecified atom stereocenters. The molecule has 8 nitrogen and oxygen atoms in total. The van der Waals surface area contributed by atoms with E-state index in [1.54, 1.807) is 27.7 Å². The summed E-state index contributed by atoms with van der Waals surface area (Å²) in [5.41, 5.74) is -7.36. The number of esters is 4. The Hall–Kier alpha value is -2.91. The second-order valence-corrected chi connectivity index (χ2v) is 12.0. The molecule has 9 atom stereocenters. The van der Waals surface area contributed by atoms with Gasteiger partial charge in [-0.15, -0.1) is 0 Å². The zero-order chi connectivity index (χ0) is 29.8. The molecule has 0 heterocycles. The normalized spacial score (nSPS) is 41.6. The van der Waals surface area contributed by atoms with E-state index in [4.69, 9.17) is 14.2 Å². The van der Waals surface area contributed by atoms with Crippen LogP contribution in [0.4, 0.5) is 8.78 Å². The summed E-state index contributed by atoms with van der Waals surface area (Å²) in [6, 6.07) is 0. The molecular formula is C30H38F2O8. The minimum atomic E-state index is -2.35. The van der Waals surface area contributed by atoms with Crippen LogP contribution >= 0.6 is 0 Å². The molecule has 0 aromatic rings. The van der Waals surface area contributed by atoms with E-state index in [1.807, 2.05) is 0 Å². The predicted molar refractivity (Wildman–Crippen MR) is 138 cm³/mol. The maximum atomic E-state index is 18.1. The summed E-state index contributed by atoms with van der Waals surface area (Å²) in [6.07, 6.45) is -0.136. The van der Waals surface area contributed by atoms with Gasteiger partial charge >= 0.3 is 23.9 Å². The molecule has 0 aromatic heterocycles. The monoisotopic (exact) mass is 564 g/mol. The summed E-state index contributed by atoms with van der Waals surface area (Å²) in [5, 5.41) is 0. The fourth-order valence-corrected chi connectivity index (χ4v) is 8.05. The summed E-state index contributed by atoms with van der Waals surface area (Å²) < 4.78 is 50.8. The molecule has 0 amide bonds. The Balaban J connectivity index is 1.94. The summed E-state index contributed by atoms with van der Waals surface area (Å²) >= 11 is 0. The van der Waals surface area contributed by atoms with E-state index < -0.39 is 81.8 Å². The van der Waals surface area contributed by atoms with E-state index in [9.17, 15) is 24.0 Å². The molecule has 0 bridgehead atoms. The molecule has 0 aromatic carbocycles. The molecule has 4 aliphatic carbocycles. The average molecular weight is 565 g/mol. The molecule has 0 aliphatic heterocycles. The summed E-state index contributed by atoms with van der Waals surface area (Å²) in [7, 11) is 0. The van der Waals surface area contributed by atoms with Crippen molar-refractivity contribution in [2.75, 3.05) is 0 Å². The van der Waals surface area contributed by atoms with Crippen molar-refractivity contribution in [3.05, 3.63) is 23.8 Å². The Morgan fingerprint density at radius 2 is 1.60 bits per heavy atom. The minimum Gasteiger partial charge on any atom is -0.459 e. The number of ketones is 1. The maximum absolute atomic E-state index is 18.1. The second kappa shape index (κ2) is 10.2. The number of alkyl halides is 2. The van der Waals surface area contributed by atoms with Crippen LogP contribution in [0.5, 0.6) is 0 Å². The first kappa shape index (κ1) is 30.1. The van der Waals surface area contributed by atoms with E-state index in [0.29, 0.717) is 0 Å². The van der Waals surface area contributed by atoms with Gasteiger partial charge in [-0.3, -0.25) is 19.2 Å². The fourth-order valence-electron chi connectivity index (χ4n) is 8.05. The highest BCUT2D eigenvalue weighted by molar-refractivity contribution is 6.01. The maximum Gasteiger partial charge on any atom is 0.359 e. The number of rotatable bonds is 6. The zero-order valence-corrected chi connectivity index (χ0v) is 23.9. The van der Waals surface area contributed by atoms with Crippen LogP contribution in [-0.2, 0) is 38.2 Å². The first-order chi connectivity index (χ1) is 18.7. The molecular weight excluding hydrogens is 526 g/mol. The molecule has 40 heavy (non-hydrogen) atoms. The van der Waals surface area contributed by atoms with E-state index in [0.717, 1.165) is 6.08 Å². The average Bonchev–Trinajstić information content (AvgIpc) is 3.13. The van der Waals surface area contributed by atoms with Crippen molar-refractivity contribution >= 4 is 29.7 Å². The highest BCUT2D eigenvalue weighted by Gasteiger charge is 2.79. The zero-order valence-electron chi connectivity index (χ0n) is 23.9. The van der Waals surface area contributed by atoms with Gasteiger partial charge in [-0.2, -0.15) is 0 Å². The highest BCUT2D eigenvalue weighted by atomic mass is 19.1. The minimum absolute atomic E-state index is 0.0115. The third kappa shape index (κ3) is 3.99. The lowest BCUT2D eigenvalue weighted by atomic mass is 9.44. The first-order valence-electron chi connectivity index (χ1n) is 14.1. The van der Waals surface area contributed by atoms with Gasteiger partial charge in [0.25, 0.3) is 0 Å². The van der Waals surface area contributed by atoms with Gasteiger partial charge in [0, 0.05) is 41.9 Å². The van der Waals surface area contributed by atoms with Crippen LogP contribution < -0.4 is 0 Å². The second-order valence-electron chi connectivity index (χ2n) is 12.0. The summed E-state index contributed by atoms with van der Waals surface area (Å²) in [6.45, 7) is 9.44. The van der Waals surface area contributed by atoms with Gasteiger partial charge in [0.2, 0.25) is 5.60 Å². The molecule has 3 fully saturated rings. The molecule has 10 heteroatoms. The fraction of sp³-hybridized carbons (Fsp3) is 0.700. The number of carbonyl (C=O) groups excluding carboxylic acids is 5. The van der Waals surface area contributed by atoms with Crippen molar-refractivity contribution in [2.24, 2.45) is 28.6 Å². The number of hydrogen-bond donors (Lipinski definition) is 0. The molecule has 0 saturated heterocycles. The van der Waals surface area contributed by atoms with E-state index in [-0.39, 0.29) is 44.1 Å². The molecule has 4 aliphatic rings. The Kier molecular flexibility index (Phi) is 7.65.